The smallest absolute Gasteiger partial charge is 0.428 e. The summed E-state index contributed by atoms with van der Waals surface area (Å²) in [6.45, 7) is 0. The molecule has 2 aromatic rings. The number of Topliss-reactive ketones (excluding diaryl/α,β-unsaturated/α-hetero) is 1. The van der Waals surface area contributed by atoms with Gasteiger partial charge < -0.3 is 4.74 Å². The third-order valence-corrected chi connectivity index (χ3v) is 2.53. The van der Waals surface area contributed by atoms with Gasteiger partial charge in [-0.3, -0.25) is 4.79 Å². The molecule has 0 aliphatic heterocycles. The summed E-state index contributed by atoms with van der Waals surface area (Å²) in [4.78, 5) is 15.3. The molecule has 2 rings (SSSR count). The maximum atomic E-state index is 13.8. The number of rotatable bonds is 6. The number of carbonyl (C=O) groups excluding carboxylic acids is 1. The number of halogens is 5. The van der Waals surface area contributed by atoms with Gasteiger partial charge in [-0.25, -0.2) is 14.1 Å². The minimum absolute atomic E-state index is 0.171. The van der Waals surface area contributed by atoms with E-state index in [4.69, 9.17) is 0 Å². The highest BCUT2D eigenvalue weighted by molar-refractivity contribution is 5.98. The van der Waals surface area contributed by atoms with E-state index in [1.54, 1.807) is 0 Å². The SMILES string of the molecule is O=C(c1ccc(OC(F)(F)C(F)F)cc1)C(F)n1cncn1. The Bertz CT molecular complexity index is 631. The van der Waals surface area contributed by atoms with Crippen LogP contribution >= 0.6 is 0 Å². The Labute approximate surface area is 120 Å². The zero-order valence-electron chi connectivity index (χ0n) is 10.7. The van der Waals surface area contributed by atoms with Crippen LogP contribution in [0.1, 0.15) is 16.7 Å². The van der Waals surface area contributed by atoms with Crippen molar-refractivity contribution in [3.63, 3.8) is 0 Å². The second kappa shape index (κ2) is 6.08. The first-order valence-corrected chi connectivity index (χ1v) is 5.78. The molecule has 1 aromatic carbocycles. The molecule has 0 radical (unpaired) electrons. The second-order valence-electron chi connectivity index (χ2n) is 4.06. The predicted molar refractivity (Wildman–Crippen MR) is 62.5 cm³/mol. The molecule has 0 amide bonds. The third-order valence-electron chi connectivity index (χ3n) is 2.53. The zero-order chi connectivity index (χ0) is 16.3. The number of nitrogens with zero attached hydrogens (tertiary/aromatic N) is 3. The maximum absolute atomic E-state index is 13.8. The molecule has 0 N–H and O–H groups in total. The molecule has 0 saturated heterocycles. The fourth-order valence-electron chi connectivity index (χ4n) is 1.48. The van der Waals surface area contributed by atoms with Gasteiger partial charge in [0.1, 0.15) is 18.4 Å². The van der Waals surface area contributed by atoms with Crippen LogP contribution in [0.25, 0.3) is 0 Å². The number of carbonyl (C=O) groups is 1. The summed E-state index contributed by atoms with van der Waals surface area (Å²) in [5, 5.41) is 3.45. The van der Waals surface area contributed by atoms with Crippen LogP contribution in [0, 0.1) is 0 Å². The molecule has 22 heavy (non-hydrogen) atoms. The highest BCUT2D eigenvalue weighted by atomic mass is 19.3. The highest BCUT2D eigenvalue weighted by Gasteiger charge is 2.43. The normalized spacial score (nSPS) is 13.2. The Morgan fingerprint density at radius 2 is 1.82 bits per heavy atom. The van der Waals surface area contributed by atoms with Crippen LogP contribution in [0.4, 0.5) is 22.0 Å². The fraction of sp³-hybridized carbons (Fsp3) is 0.250. The molecule has 5 nitrogen and oxygen atoms in total. The molecule has 0 spiro atoms. The average molecular weight is 321 g/mol. The number of alkyl halides is 5. The number of aromatic nitrogens is 3. The van der Waals surface area contributed by atoms with E-state index in [0.29, 0.717) is 4.68 Å². The van der Waals surface area contributed by atoms with Crippen LogP contribution < -0.4 is 4.74 Å². The van der Waals surface area contributed by atoms with Crippen molar-refractivity contribution in [2.75, 3.05) is 0 Å². The monoisotopic (exact) mass is 321 g/mol. The molecule has 0 fully saturated rings. The number of hydrogen-bond acceptors (Lipinski definition) is 4. The summed E-state index contributed by atoms with van der Waals surface area (Å²) < 4.78 is 67.6. The minimum atomic E-state index is -4.66. The summed E-state index contributed by atoms with van der Waals surface area (Å²) in [5.41, 5.74) is -0.171. The summed E-state index contributed by atoms with van der Waals surface area (Å²) in [6, 6.07) is 3.67. The van der Waals surface area contributed by atoms with Crippen LogP contribution in [-0.4, -0.2) is 33.1 Å². The minimum Gasteiger partial charge on any atom is -0.428 e. The largest absolute Gasteiger partial charge is 0.461 e. The van der Waals surface area contributed by atoms with E-state index in [0.717, 1.165) is 36.9 Å². The summed E-state index contributed by atoms with van der Waals surface area (Å²) in [6.07, 6.45) is -8.78. The fourth-order valence-corrected chi connectivity index (χ4v) is 1.48. The van der Waals surface area contributed by atoms with Gasteiger partial charge in [0.2, 0.25) is 5.78 Å². The van der Waals surface area contributed by atoms with Gasteiger partial charge in [0.15, 0.2) is 0 Å². The standard InChI is InChI=1S/C12H8F5N3O2/c13-10(20-6-18-5-19-20)9(21)7-1-3-8(4-2-7)22-12(16,17)11(14)15/h1-6,10-11H. The van der Waals surface area contributed by atoms with Gasteiger partial charge in [-0.1, -0.05) is 0 Å². The topological polar surface area (TPSA) is 57.0 Å². The first-order valence-electron chi connectivity index (χ1n) is 5.78. The molecule has 0 aliphatic rings. The Hall–Kier alpha value is -2.52. The summed E-state index contributed by atoms with van der Waals surface area (Å²) in [7, 11) is 0. The van der Waals surface area contributed by atoms with Crippen molar-refractivity contribution in [3.8, 4) is 5.75 Å². The second-order valence-corrected chi connectivity index (χ2v) is 4.06. The van der Waals surface area contributed by atoms with Gasteiger partial charge in [-0.05, 0) is 24.3 Å². The average Bonchev–Trinajstić information content (AvgIpc) is 3.00. The van der Waals surface area contributed by atoms with Gasteiger partial charge >= 0.3 is 12.5 Å². The van der Waals surface area contributed by atoms with Crippen LogP contribution in [-0.2, 0) is 0 Å². The first-order chi connectivity index (χ1) is 10.3. The molecular formula is C12H8F5N3O2. The van der Waals surface area contributed by atoms with E-state index < -0.39 is 30.4 Å². The van der Waals surface area contributed by atoms with Crippen molar-refractivity contribution in [1.29, 1.82) is 0 Å². The molecule has 0 aliphatic carbocycles. The molecule has 0 saturated carbocycles. The molecule has 1 aromatic heterocycles. The molecule has 10 heteroatoms. The maximum Gasteiger partial charge on any atom is 0.461 e. The van der Waals surface area contributed by atoms with Crippen molar-refractivity contribution in [3.05, 3.63) is 42.5 Å². The lowest BCUT2D eigenvalue weighted by atomic mass is 10.1. The molecule has 0 bridgehead atoms. The Kier molecular flexibility index (Phi) is 4.38. The molecular weight excluding hydrogens is 313 g/mol. The van der Waals surface area contributed by atoms with Gasteiger partial charge in [-0.15, -0.1) is 0 Å². The van der Waals surface area contributed by atoms with Gasteiger partial charge in [0.05, 0.1) is 0 Å². The van der Waals surface area contributed by atoms with E-state index >= 15 is 0 Å². The van der Waals surface area contributed by atoms with Crippen molar-refractivity contribution < 1.29 is 31.5 Å². The van der Waals surface area contributed by atoms with Crippen molar-refractivity contribution in [2.45, 2.75) is 18.8 Å². The van der Waals surface area contributed by atoms with E-state index in [1.807, 2.05) is 0 Å². The number of ether oxygens (including phenoxy) is 1. The Morgan fingerprint density at radius 3 is 2.32 bits per heavy atom. The summed E-state index contributed by atoms with van der Waals surface area (Å²) in [5.74, 6) is -1.59. The lowest BCUT2D eigenvalue weighted by Gasteiger charge is -2.16. The quantitative estimate of drug-likeness (QED) is 0.606. The lowest BCUT2D eigenvalue weighted by molar-refractivity contribution is -0.253. The number of hydrogen-bond donors (Lipinski definition) is 0. The zero-order valence-corrected chi connectivity index (χ0v) is 10.7. The highest BCUT2D eigenvalue weighted by Crippen LogP contribution is 2.28. The van der Waals surface area contributed by atoms with Crippen molar-refractivity contribution in [1.82, 2.24) is 14.8 Å². The molecule has 1 unspecified atom stereocenters. The molecule has 1 heterocycles. The van der Waals surface area contributed by atoms with E-state index in [2.05, 4.69) is 14.8 Å². The van der Waals surface area contributed by atoms with Crippen LogP contribution in [0.15, 0.2) is 36.9 Å². The van der Waals surface area contributed by atoms with Gasteiger partial charge in [-0.2, -0.15) is 22.7 Å². The van der Waals surface area contributed by atoms with Crippen molar-refractivity contribution >= 4 is 5.78 Å². The lowest BCUT2D eigenvalue weighted by Crippen LogP contribution is -2.33. The number of benzene rings is 1. The van der Waals surface area contributed by atoms with E-state index in [1.165, 1.54) is 0 Å². The van der Waals surface area contributed by atoms with Crippen LogP contribution in [0.2, 0.25) is 0 Å². The third kappa shape index (κ3) is 3.38. The Morgan fingerprint density at radius 1 is 1.18 bits per heavy atom. The predicted octanol–water partition coefficient (Wildman–Crippen LogP) is 2.87. The summed E-state index contributed by atoms with van der Waals surface area (Å²) >= 11 is 0. The van der Waals surface area contributed by atoms with E-state index in [9.17, 15) is 26.7 Å². The van der Waals surface area contributed by atoms with Gasteiger partial charge in [0.25, 0.3) is 6.30 Å². The van der Waals surface area contributed by atoms with E-state index in [-0.39, 0.29) is 5.56 Å². The molecule has 118 valence electrons. The van der Waals surface area contributed by atoms with Crippen LogP contribution in [0.5, 0.6) is 5.75 Å². The molecule has 1 atom stereocenters. The number of ketones is 1. The van der Waals surface area contributed by atoms with Crippen molar-refractivity contribution in [2.24, 2.45) is 0 Å². The Balaban J connectivity index is 2.10. The first kappa shape index (κ1) is 15.9. The van der Waals surface area contributed by atoms with Crippen LogP contribution in [0.3, 0.4) is 0 Å². The van der Waals surface area contributed by atoms with Gasteiger partial charge in [0, 0.05) is 5.56 Å².